The zero-order chi connectivity index (χ0) is 19.1. The molecule has 148 valence electrons. The molecule has 3 rings (SSSR count). The van der Waals surface area contributed by atoms with E-state index in [2.05, 4.69) is 15.6 Å². The summed E-state index contributed by atoms with van der Waals surface area (Å²) < 4.78 is 25.2. The fourth-order valence-corrected chi connectivity index (χ4v) is 3.91. The van der Waals surface area contributed by atoms with Gasteiger partial charge in [-0.2, -0.15) is 0 Å². The lowest BCUT2D eigenvalue weighted by Gasteiger charge is -2.13. The Balaban J connectivity index is 1.29. The second-order valence-electron chi connectivity index (χ2n) is 6.75. The van der Waals surface area contributed by atoms with Crippen molar-refractivity contribution < 1.29 is 18.7 Å². The van der Waals surface area contributed by atoms with Gasteiger partial charge in [0.2, 0.25) is 5.91 Å². The third-order valence-electron chi connectivity index (χ3n) is 4.44. The number of ether oxygens (including phenoxy) is 2. The summed E-state index contributed by atoms with van der Waals surface area (Å²) in [6, 6.07) is 5.01. The molecule has 2 atom stereocenters. The zero-order valence-electron chi connectivity index (χ0n) is 15.5. The van der Waals surface area contributed by atoms with Gasteiger partial charge >= 0.3 is 0 Å². The molecule has 1 saturated heterocycles. The molecule has 1 aromatic carbocycles. The van der Waals surface area contributed by atoms with Crippen molar-refractivity contribution in [1.29, 1.82) is 0 Å². The number of aromatic nitrogens is 1. The molecule has 0 radical (unpaired) electrons. The standard InChI is InChI=1S/C19H26FN3O3S/c1-13(22-19-23-16-6-2-5-15(20)18(16)27-19)7-9-21-17(24)8-11-25-12-14-4-3-10-26-14/h2,5-6,13-14H,3-4,7-12H2,1H3,(H,21,24)(H,22,23)/t13-,14?/m0/s1. The first-order valence-electron chi connectivity index (χ1n) is 9.39. The maximum atomic E-state index is 13.7. The monoisotopic (exact) mass is 395 g/mol. The Morgan fingerprint density at radius 2 is 2.41 bits per heavy atom. The number of benzene rings is 1. The van der Waals surface area contributed by atoms with Crippen molar-refractivity contribution >= 4 is 32.6 Å². The lowest BCUT2D eigenvalue weighted by molar-refractivity contribution is -0.122. The quantitative estimate of drug-likeness (QED) is 0.604. The van der Waals surface area contributed by atoms with Crippen LogP contribution in [0, 0.1) is 5.82 Å². The van der Waals surface area contributed by atoms with Crippen LogP contribution < -0.4 is 10.6 Å². The predicted octanol–water partition coefficient (Wildman–Crippen LogP) is 3.33. The molecular formula is C19H26FN3O3S. The third-order valence-corrected chi connectivity index (χ3v) is 5.45. The Bertz CT molecular complexity index is 749. The van der Waals surface area contributed by atoms with E-state index in [9.17, 15) is 9.18 Å². The molecule has 2 aromatic rings. The van der Waals surface area contributed by atoms with Crippen LogP contribution in [0.2, 0.25) is 0 Å². The van der Waals surface area contributed by atoms with Crippen LogP contribution in [0.25, 0.3) is 10.2 Å². The molecule has 27 heavy (non-hydrogen) atoms. The molecule has 0 aliphatic carbocycles. The summed E-state index contributed by atoms with van der Waals surface area (Å²) in [7, 11) is 0. The Morgan fingerprint density at radius 3 is 3.19 bits per heavy atom. The van der Waals surface area contributed by atoms with Crippen LogP contribution >= 0.6 is 11.3 Å². The van der Waals surface area contributed by atoms with E-state index in [0.717, 1.165) is 25.9 Å². The molecule has 0 saturated carbocycles. The molecule has 0 spiro atoms. The smallest absolute Gasteiger partial charge is 0.222 e. The highest BCUT2D eigenvalue weighted by molar-refractivity contribution is 7.22. The number of hydrogen-bond acceptors (Lipinski definition) is 6. The number of nitrogens with one attached hydrogen (secondary N) is 2. The zero-order valence-corrected chi connectivity index (χ0v) is 16.3. The summed E-state index contributed by atoms with van der Waals surface area (Å²) in [5, 5.41) is 6.85. The van der Waals surface area contributed by atoms with Gasteiger partial charge in [0.05, 0.1) is 29.5 Å². The van der Waals surface area contributed by atoms with Gasteiger partial charge in [-0.1, -0.05) is 17.4 Å². The van der Waals surface area contributed by atoms with Gasteiger partial charge in [0, 0.05) is 25.6 Å². The Kier molecular flexibility index (Phi) is 7.37. The first-order valence-corrected chi connectivity index (χ1v) is 10.2. The van der Waals surface area contributed by atoms with Crippen molar-refractivity contribution in [3.63, 3.8) is 0 Å². The number of carbonyl (C=O) groups is 1. The molecular weight excluding hydrogens is 369 g/mol. The number of rotatable bonds is 10. The van der Waals surface area contributed by atoms with Gasteiger partial charge < -0.3 is 20.1 Å². The van der Waals surface area contributed by atoms with E-state index in [-0.39, 0.29) is 23.9 Å². The molecule has 0 bridgehead atoms. The third kappa shape index (κ3) is 6.12. The normalized spacial score (nSPS) is 17.9. The molecule has 2 heterocycles. The SMILES string of the molecule is C[C@@H](CCNC(=O)CCOCC1CCCO1)Nc1nc2cccc(F)c2s1. The maximum Gasteiger partial charge on any atom is 0.222 e. The maximum absolute atomic E-state index is 13.7. The minimum absolute atomic E-state index is 0.0170. The number of nitrogens with zero attached hydrogens (tertiary/aromatic N) is 1. The van der Waals surface area contributed by atoms with E-state index < -0.39 is 0 Å². The minimum atomic E-state index is -0.250. The van der Waals surface area contributed by atoms with Gasteiger partial charge in [-0.25, -0.2) is 9.37 Å². The van der Waals surface area contributed by atoms with Crippen molar-refractivity contribution in [3.8, 4) is 0 Å². The lowest BCUT2D eigenvalue weighted by Crippen LogP contribution is -2.29. The van der Waals surface area contributed by atoms with E-state index in [1.165, 1.54) is 17.4 Å². The van der Waals surface area contributed by atoms with Crippen molar-refractivity contribution in [1.82, 2.24) is 10.3 Å². The molecule has 6 nitrogen and oxygen atoms in total. The summed E-state index contributed by atoms with van der Waals surface area (Å²) in [5.41, 5.74) is 0.658. The van der Waals surface area contributed by atoms with Gasteiger partial charge in [-0.05, 0) is 38.3 Å². The fourth-order valence-electron chi connectivity index (χ4n) is 2.93. The highest BCUT2D eigenvalue weighted by Crippen LogP contribution is 2.28. The number of thiazole rings is 1. The second-order valence-corrected chi connectivity index (χ2v) is 7.75. The first-order chi connectivity index (χ1) is 13.1. The number of fused-ring (bicyclic) bond motifs is 1. The van der Waals surface area contributed by atoms with Gasteiger partial charge in [0.25, 0.3) is 0 Å². The van der Waals surface area contributed by atoms with Gasteiger partial charge in [-0.3, -0.25) is 4.79 Å². The molecule has 1 aliphatic rings. The lowest BCUT2D eigenvalue weighted by atomic mass is 10.2. The fraction of sp³-hybridized carbons (Fsp3) is 0.579. The van der Waals surface area contributed by atoms with E-state index in [0.29, 0.717) is 41.5 Å². The van der Waals surface area contributed by atoms with Crippen LogP contribution in [0.15, 0.2) is 18.2 Å². The molecule has 1 aromatic heterocycles. The average molecular weight is 396 g/mol. The van der Waals surface area contributed by atoms with Crippen molar-refractivity contribution in [3.05, 3.63) is 24.0 Å². The highest BCUT2D eigenvalue weighted by atomic mass is 32.1. The number of carbonyl (C=O) groups excluding carboxylic acids is 1. The molecule has 1 fully saturated rings. The van der Waals surface area contributed by atoms with Gasteiger partial charge in [0.1, 0.15) is 5.82 Å². The summed E-state index contributed by atoms with van der Waals surface area (Å²) >= 11 is 1.30. The Hall–Kier alpha value is -1.77. The molecule has 2 N–H and O–H groups in total. The van der Waals surface area contributed by atoms with Gasteiger partial charge in [0.15, 0.2) is 5.13 Å². The van der Waals surface area contributed by atoms with Crippen LogP contribution in [0.1, 0.15) is 32.6 Å². The minimum Gasteiger partial charge on any atom is -0.378 e. The summed E-state index contributed by atoms with van der Waals surface area (Å²) in [4.78, 5) is 16.2. The van der Waals surface area contributed by atoms with Crippen molar-refractivity contribution in [2.75, 3.05) is 31.7 Å². The number of amides is 1. The van der Waals surface area contributed by atoms with E-state index in [1.807, 2.05) is 6.92 Å². The van der Waals surface area contributed by atoms with Crippen LogP contribution in [0.5, 0.6) is 0 Å². The topological polar surface area (TPSA) is 72.5 Å². The van der Waals surface area contributed by atoms with Gasteiger partial charge in [-0.15, -0.1) is 0 Å². The van der Waals surface area contributed by atoms with Crippen LogP contribution in [0.4, 0.5) is 9.52 Å². The second kappa shape index (κ2) is 9.96. The van der Waals surface area contributed by atoms with Crippen LogP contribution in [-0.2, 0) is 14.3 Å². The number of halogens is 1. The largest absolute Gasteiger partial charge is 0.378 e. The number of hydrogen-bond donors (Lipinski definition) is 2. The van der Waals surface area contributed by atoms with Crippen molar-refractivity contribution in [2.45, 2.75) is 44.8 Å². The Morgan fingerprint density at radius 1 is 1.52 bits per heavy atom. The summed E-state index contributed by atoms with van der Waals surface area (Å²) in [6.45, 7) is 4.37. The van der Waals surface area contributed by atoms with E-state index >= 15 is 0 Å². The molecule has 1 aliphatic heterocycles. The Labute approximate surface area is 162 Å². The predicted molar refractivity (Wildman–Crippen MR) is 105 cm³/mol. The van der Waals surface area contributed by atoms with Crippen LogP contribution in [-0.4, -0.2) is 49.4 Å². The first kappa shape index (κ1) is 20.0. The van der Waals surface area contributed by atoms with Crippen LogP contribution in [0.3, 0.4) is 0 Å². The van der Waals surface area contributed by atoms with E-state index in [1.54, 1.807) is 12.1 Å². The molecule has 8 heteroatoms. The molecule has 1 unspecified atom stereocenters. The molecule has 1 amide bonds. The van der Waals surface area contributed by atoms with Crippen molar-refractivity contribution in [2.24, 2.45) is 0 Å². The highest BCUT2D eigenvalue weighted by Gasteiger charge is 2.15. The summed E-state index contributed by atoms with van der Waals surface area (Å²) in [5.74, 6) is -0.267. The summed E-state index contributed by atoms with van der Waals surface area (Å²) in [6.07, 6.45) is 3.42. The average Bonchev–Trinajstić information content (AvgIpc) is 3.29. The number of anilines is 1. The van der Waals surface area contributed by atoms with E-state index in [4.69, 9.17) is 9.47 Å².